The van der Waals surface area contributed by atoms with E-state index in [0.29, 0.717) is 27.1 Å². The lowest BCUT2D eigenvalue weighted by Gasteiger charge is -2.16. The number of hydrogen-bond donors (Lipinski definition) is 0. The molecule has 0 aliphatic carbocycles. The van der Waals surface area contributed by atoms with Gasteiger partial charge in [-0.25, -0.2) is 24.9 Å². The van der Waals surface area contributed by atoms with E-state index in [0.717, 1.165) is 42.0 Å². The molecule has 3 aliphatic heterocycles. The minimum absolute atomic E-state index is 0.0451. The zero-order valence-corrected chi connectivity index (χ0v) is 92.2. The monoisotopic (exact) mass is 1870 g/mol. The van der Waals surface area contributed by atoms with Gasteiger partial charge >= 0.3 is 0 Å². The smallest absolute Gasteiger partial charge is 0.199 e. The van der Waals surface area contributed by atoms with E-state index in [4.69, 9.17) is 13.3 Å². The number of aliphatic imine (C=N–C) groups is 4. The maximum atomic E-state index is 5.20. The third kappa shape index (κ3) is 51.6. The molecule has 20 heteroatoms. The molecule has 11 aromatic heterocycles. The van der Waals surface area contributed by atoms with Crippen LogP contribution in [0.3, 0.4) is 0 Å². The first-order chi connectivity index (χ1) is 57.5. The fourth-order valence-electron chi connectivity index (χ4n) is 9.63. The second-order valence-corrected chi connectivity index (χ2v) is 51.9. The van der Waals surface area contributed by atoms with Crippen molar-refractivity contribution in [3.8, 4) is 0 Å². The van der Waals surface area contributed by atoms with Crippen molar-refractivity contribution in [1.82, 2.24) is 24.3 Å². The van der Waals surface area contributed by atoms with E-state index in [1.165, 1.54) is 64.3 Å². The van der Waals surface area contributed by atoms with Gasteiger partial charge in [-0.15, -0.1) is 56.7 Å². The molecule has 700 valence electrons. The average Bonchev–Trinajstić information content (AvgIpc) is 1.87. The standard InChI is InChI=1S/2C8H13N.2C8H12O.5C8H12S.C7H12N2.C7H11NO.2C7H11NS.C6H10N2S/c2*1-8(2,3)7-5-4-6-9-7;1-8(2,3)7-4-5-9-6-7;1-8(2,3)7-5-4-6-9-7;2*1-8(2,3)7-4-5-9-6-7;3*1-8(2,3)7-5-4-6-9-7;4*1-7(2,3)6-8-4-5-9-6;1-6(2,3)5-7-4-8-9-5/h5-6H,4H2,1-3H3;4-5H,6H2,1-3H3;7*4-6H,1-3H3;4H,5H2,1-3H3;3*4-5H,1-3H3;4H,1-3H3. The van der Waals surface area contributed by atoms with E-state index in [2.05, 4.69) is 439 Å². The summed E-state index contributed by atoms with van der Waals surface area (Å²) in [5, 5.41) is 22.6. The van der Waals surface area contributed by atoms with Crippen molar-refractivity contribution in [1.29, 1.82) is 0 Å². The Morgan fingerprint density at radius 2 is 0.786 bits per heavy atom. The topological polar surface area (TPSA) is 153 Å². The number of furan rings is 2. The number of nitrogens with zero attached hydrogens (tertiary/aromatic N) is 9. The van der Waals surface area contributed by atoms with Gasteiger partial charge in [0, 0.05) is 111 Å². The van der Waals surface area contributed by atoms with Gasteiger partial charge in [0.1, 0.15) is 29.2 Å². The largest absolute Gasteiger partial charge is 0.472 e. The summed E-state index contributed by atoms with van der Waals surface area (Å²) in [5.74, 6) is 2.81. The molecule has 0 saturated heterocycles. The number of rotatable bonds is 0. The Morgan fingerprint density at radius 1 is 0.325 bits per heavy atom. The van der Waals surface area contributed by atoms with Crippen LogP contribution in [-0.4, -0.2) is 61.4 Å². The second-order valence-electron chi connectivity index (χ2n) is 44.9. The van der Waals surface area contributed by atoms with Crippen molar-refractivity contribution in [2.45, 2.75) is 357 Å². The number of thiazole rings is 2. The predicted octanol–water partition coefficient (Wildman–Crippen LogP) is 35.0. The molecule has 0 atom stereocenters. The molecule has 0 bridgehead atoms. The van der Waals surface area contributed by atoms with Crippen LogP contribution in [0.1, 0.15) is 355 Å². The van der Waals surface area contributed by atoms with Crippen LogP contribution in [0.5, 0.6) is 0 Å². The van der Waals surface area contributed by atoms with Gasteiger partial charge in [0.15, 0.2) is 5.89 Å². The minimum Gasteiger partial charge on any atom is -0.472 e. The summed E-state index contributed by atoms with van der Waals surface area (Å²) in [6.07, 6.45) is 25.0. The molecule has 14 heterocycles. The lowest BCUT2D eigenvalue weighted by atomic mass is 9.89. The van der Waals surface area contributed by atoms with Gasteiger partial charge in [-0.2, -0.15) is 27.0 Å². The predicted molar refractivity (Wildman–Crippen MR) is 567 cm³/mol. The van der Waals surface area contributed by atoms with E-state index in [1.54, 1.807) is 82.9 Å². The van der Waals surface area contributed by atoms with Crippen LogP contribution >= 0.6 is 90.9 Å². The maximum Gasteiger partial charge on any atom is 0.199 e. The van der Waals surface area contributed by atoms with Crippen molar-refractivity contribution < 1.29 is 13.3 Å². The molecule has 0 amide bonds. The van der Waals surface area contributed by atoms with Crippen molar-refractivity contribution in [3.63, 3.8) is 0 Å². The Kier molecular flexibility index (Phi) is 49.3. The molecule has 0 aromatic carbocycles. The number of aromatic nitrogens is 5. The van der Waals surface area contributed by atoms with Crippen LogP contribution in [-0.2, 0) is 59.6 Å². The van der Waals surface area contributed by atoms with Gasteiger partial charge in [0.2, 0.25) is 0 Å². The highest BCUT2D eigenvalue weighted by Gasteiger charge is 2.24. The number of hydrogen-bond acceptors (Lipinski definition) is 20. The van der Waals surface area contributed by atoms with Crippen molar-refractivity contribution in [2.24, 2.45) is 36.2 Å². The van der Waals surface area contributed by atoms with Gasteiger partial charge in [-0.3, -0.25) is 15.0 Å². The molecule has 12 nitrogen and oxygen atoms in total. The quantitative estimate of drug-likeness (QED) is 0.145. The van der Waals surface area contributed by atoms with E-state index in [-0.39, 0.29) is 48.7 Å². The second kappa shape index (κ2) is 52.9. The highest BCUT2D eigenvalue weighted by molar-refractivity contribution is 7.11. The number of amidine groups is 1. The summed E-state index contributed by atoms with van der Waals surface area (Å²) in [4.78, 5) is 37.8. The van der Waals surface area contributed by atoms with Crippen molar-refractivity contribution in [3.05, 3.63) is 247 Å². The van der Waals surface area contributed by atoms with E-state index < -0.39 is 0 Å². The molecule has 0 radical (unpaired) electrons. The molecule has 0 fully saturated rings. The fourth-order valence-corrected chi connectivity index (χ4v) is 15.9. The normalized spacial score (nSPS) is 13.3. The van der Waals surface area contributed by atoms with Crippen LogP contribution in [0.2, 0.25) is 0 Å². The molecule has 0 N–H and O–H groups in total. The summed E-state index contributed by atoms with van der Waals surface area (Å²) in [6, 6.07) is 23.2. The molecule has 126 heavy (non-hydrogen) atoms. The van der Waals surface area contributed by atoms with Crippen LogP contribution < -0.4 is 0 Å². The van der Waals surface area contributed by atoms with Crippen LogP contribution in [0.4, 0.5) is 0 Å². The molecule has 3 aliphatic rings. The molecule has 0 unspecified atom stereocenters. The van der Waals surface area contributed by atoms with E-state index in [1.807, 2.05) is 87.8 Å². The fraction of sp³-hybridized carbons (Fsp3) is 0.557. The van der Waals surface area contributed by atoms with E-state index >= 15 is 0 Å². The Labute approximate surface area is 798 Å². The summed E-state index contributed by atoms with van der Waals surface area (Å²) < 4.78 is 19.1. The van der Waals surface area contributed by atoms with E-state index in [9.17, 15) is 0 Å². The highest BCUT2D eigenvalue weighted by Crippen LogP contribution is 2.33. The lowest BCUT2D eigenvalue weighted by molar-refractivity contribution is 0.392. The Morgan fingerprint density at radius 3 is 0.944 bits per heavy atom. The van der Waals surface area contributed by atoms with Gasteiger partial charge in [0.25, 0.3) is 0 Å². The average molecular weight is 1870 g/mol. The Hall–Kier alpha value is -6.75. The first-order valence-corrected chi connectivity index (χ1v) is 50.8. The Bertz CT molecular complexity index is 3730. The first-order valence-electron chi connectivity index (χ1n) is 43.7. The van der Waals surface area contributed by atoms with Crippen molar-refractivity contribution >= 4 is 115 Å². The molecule has 11 aromatic rings. The molecule has 0 saturated carbocycles. The summed E-state index contributed by atoms with van der Waals surface area (Å²) in [7, 11) is 0. The summed E-state index contributed by atoms with van der Waals surface area (Å²) in [6.45, 7) is 93.1. The zero-order chi connectivity index (χ0) is 96.7. The third-order valence-corrected chi connectivity index (χ3v) is 26.2. The highest BCUT2D eigenvalue weighted by atomic mass is 32.1. The van der Waals surface area contributed by atoms with Crippen molar-refractivity contribution in [2.75, 3.05) is 13.1 Å². The third-order valence-electron chi connectivity index (χ3n) is 17.5. The maximum absolute atomic E-state index is 5.20. The lowest BCUT2D eigenvalue weighted by Crippen LogP contribution is -2.16. The van der Waals surface area contributed by atoms with Gasteiger partial charge in [-0.05, 0) is 153 Å². The first kappa shape index (κ1) is 117. The summed E-state index contributed by atoms with van der Waals surface area (Å²) in [5.41, 5.74) is 9.94. The van der Waals surface area contributed by atoms with Gasteiger partial charge < -0.3 is 13.3 Å². The number of allylic oxidation sites excluding steroid dienone is 3. The summed E-state index contributed by atoms with van der Waals surface area (Å²) >= 11 is 13.9. The Balaban J connectivity index is 0.000000678. The molecule has 14 rings (SSSR count). The van der Waals surface area contributed by atoms with Gasteiger partial charge in [0.05, 0.1) is 48.1 Å². The molecular weight excluding hydrogens is 1700 g/mol. The molecular formula is C106H165N9O3S8. The SMILES string of the molecule is CC(C)(C)C1=CCC=N1.CC(C)(C)C1=NCC=C1.CC(C)(C)C1=NCC=N1.CC(C)(C)c1ccco1.CC(C)(C)c1cccs1.CC(C)(C)c1cccs1.CC(C)(C)c1cccs1.CC(C)(C)c1ccoc1.CC(C)(C)c1ccsc1.CC(C)(C)c1ccsc1.CC(C)(C)c1ncco1.CC(C)(C)c1nccs1.CC(C)(C)c1nccs1.CC(C)(C)c1ncns1. The van der Waals surface area contributed by atoms with Crippen LogP contribution in [0, 0.1) is 16.2 Å². The zero-order valence-electron chi connectivity index (χ0n) is 85.7. The molecule has 0 spiro atoms. The number of thiophene rings is 5. The number of oxazole rings is 1. The van der Waals surface area contributed by atoms with Crippen LogP contribution in [0.15, 0.2) is 222 Å². The minimum atomic E-state index is 0.0451. The van der Waals surface area contributed by atoms with Gasteiger partial charge in [-0.1, -0.05) is 321 Å². The van der Waals surface area contributed by atoms with Crippen LogP contribution in [0.25, 0.3) is 0 Å².